The number of amides is 1. The van der Waals surface area contributed by atoms with E-state index in [-0.39, 0.29) is 12.0 Å². The fourth-order valence-electron chi connectivity index (χ4n) is 3.79. The second-order valence-corrected chi connectivity index (χ2v) is 10.2. The number of benzene rings is 2. The van der Waals surface area contributed by atoms with Crippen molar-refractivity contribution in [2.75, 3.05) is 17.3 Å². The minimum absolute atomic E-state index is 0.0675. The van der Waals surface area contributed by atoms with E-state index in [1.165, 1.54) is 4.88 Å². The van der Waals surface area contributed by atoms with Crippen LogP contribution in [0, 0.1) is 6.92 Å². The van der Waals surface area contributed by atoms with Gasteiger partial charge in [-0.1, -0.05) is 44.2 Å². The Hall–Kier alpha value is -2.24. The van der Waals surface area contributed by atoms with Crippen LogP contribution in [0.25, 0.3) is 10.1 Å². The van der Waals surface area contributed by atoms with Crippen molar-refractivity contribution in [1.29, 1.82) is 0 Å². The topological polar surface area (TPSA) is 38.8 Å². The molecule has 4 nitrogen and oxygen atoms in total. The quantitative estimate of drug-likeness (QED) is 0.361. The van der Waals surface area contributed by atoms with E-state index in [1.54, 1.807) is 16.2 Å². The van der Waals surface area contributed by atoms with Gasteiger partial charge >= 0.3 is 6.09 Å². The number of hydrogen-bond acceptors (Lipinski definition) is 4. The zero-order chi connectivity index (χ0) is 23.5. The smallest absolute Gasteiger partial charge is 0.414 e. The Morgan fingerprint density at radius 3 is 2.50 bits per heavy atom. The Labute approximate surface area is 200 Å². The number of hydrogen-bond donors (Lipinski definition) is 0. The summed E-state index contributed by atoms with van der Waals surface area (Å²) in [5, 5.41) is 1.08. The van der Waals surface area contributed by atoms with Gasteiger partial charge in [-0.2, -0.15) is 0 Å². The first-order chi connectivity index (χ1) is 15.3. The van der Waals surface area contributed by atoms with Crippen LogP contribution in [0.4, 0.5) is 10.5 Å². The maximum atomic E-state index is 12.9. The highest BCUT2D eigenvalue weighted by atomic mass is 35.5. The molecule has 172 valence electrons. The van der Waals surface area contributed by atoms with Gasteiger partial charge in [0.15, 0.2) is 0 Å². The van der Waals surface area contributed by atoms with Gasteiger partial charge in [-0.15, -0.1) is 22.9 Å². The molecule has 0 bridgehead atoms. The molecule has 3 aromatic rings. The van der Waals surface area contributed by atoms with Gasteiger partial charge in [0.2, 0.25) is 0 Å². The monoisotopic (exact) mass is 473 g/mol. The molecule has 0 unspecified atom stereocenters. The van der Waals surface area contributed by atoms with Gasteiger partial charge in [0, 0.05) is 44.9 Å². The number of carbonyl (C=O) groups is 1. The number of rotatable bonds is 4. The van der Waals surface area contributed by atoms with Crippen LogP contribution in [0.2, 0.25) is 0 Å². The zero-order valence-corrected chi connectivity index (χ0v) is 21.3. The van der Waals surface area contributed by atoms with Crippen molar-refractivity contribution in [2.24, 2.45) is 0 Å². The van der Waals surface area contributed by atoms with Crippen molar-refractivity contribution in [3.8, 4) is 5.75 Å². The average molecular weight is 474 g/mol. The van der Waals surface area contributed by atoms with E-state index in [4.69, 9.17) is 21.1 Å². The molecule has 1 amide bonds. The molecule has 1 aromatic heterocycles. The van der Waals surface area contributed by atoms with Crippen molar-refractivity contribution in [3.63, 3.8) is 0 Å². The summed E-state index contributed by atoms with van der Waals surface area (Å²) in [6.45, 7) is 12.7. The molecule has 1 aliphatic heterocycles. The van der Waals surface area contributed by atoms with Crippen LogP contribution in [0.5, 0.6) is 5.75 Å². The molecule has 0 N–H and O–H groups in total. The summed E-state index contributed by atoms with van der Waals surface area (Å²) in [5.41, 5.74) is 2.50. The Bertz CT molecular complexity index is 1070. The van der Waals surface area contributed by atoms with E-state index in [0.29, 0.717) is 19.0 Å². The van der Waals surface area contributed by atoms with E-state index >= 15 is 0 Å². The number of alkyl halides is 1. The average Bonchev–Trinajstić information content (AvgIpc) is 3.33. The zero-order valence-electron chi connectivity index (χ0n) is 19.7. The molecular weight excluding hydrogens is 442 g/mol. The van der Waals surface area contributed by atoms with Gasteiger partial charge in [0.05, 0.1) is 5.69 Å². The lowest BCUT2D eigenvalue weighted by Crippen LogP contribution is -2.36. The minimum Gasteiger partial charge on any atom is -0.488 e. The minimum atomic E-state index is -0.563. The van der Waals surface area contributed by atoms with E-state index in [0.717, 1.165) is 32.6 Å². The second kappa shape index (κ2) is 10.1. The van der Waals surface area contributed by atoms with Crippen molar-refractivity contribution < 1.29 is 14.3 Å². The molecule has 2 aromatic carbocycles. The number of thiophene rings is 1. The number of nitrogens with zero attached hydrogens (tertiary/aromatic N) is 1. The van der Waals surface area contributed by atoms with E-state index in [9.17, 15) is 4.79 Å². The molecule has 0 radical (unpaired) electrons. The summed E-state index contributed by atoms with van der Waals surface area (Å²) in [6, 6.07) is 14.2. The van der Waals surface area contributed by atoms with Crippen LogP contribution < -0.4 is 9.64 Å². The summed E-state index contributed by atoms with van der Waals surface area (Å²) in [5.74, 6) is 1.29. The Kier molecular flexibility index (Phi) is 7.73. The summed E-state index contributed by atoms with van der Waals surface area (Å²) >= 11 is 8.04. The van der Waals surface area contributed by atoms with Crippen LogP contribution in [-0.4, -0.2) is 24.1 Å². The summed E-state index contributed by atoms with van der Waals surface area (Å²) in [6.07, 6.45) is -0.349. The molecule has 0 fully saturated rings. The third-order valence-corrected chi connectivity index (χ3v) is 6.50. The maximum Gasteiger partial charge on any atom is 0.414 e. The van der Waals surface area contributed by atoms with Gasteiger partial charge in [0.25, 0.3) is 0 Å². The van der Waals surface area contributed by atoms with Gasteiger partial charge in [-0.3, -0.25) is 4.90 Å². The highest BCUT2D eigenvalue weighted by Gasteiger charge is 2.37. The first-order valence-electron chi connectivity index (χ1n) is 11.1. The third-order valence-electron chi connectivity index (χ3n) is 5.05. The first-order valence-corrected chi connectivity index (χ1v) is 12.4. The fraction of sp³-hybridized carbons (Fsp3) is 0.423. The van der Waals surface area contributed by atoms with Crippen LogP contribution in [0.1, 0.15) is 56.5 Å². The number of carbonyl (C=O) groups excluding carboxylic acids is 1. The van der Waals surface area contributed by atoms with Crippen LogP contribution in [-0.2, 0) is 11.3 Å². The molecule has 6 heteroatoms. The van der Waals surface area contributed by atoms with Crippen LogP contribution in [0.15, 0.2) is 42.5 Å². The lowest BCUT2D eigenvalue weighted by Gasteiger charge is -2.25. The molecule has 4 rings (SSSR count). The molecule has 1 aliphatic rings. The number of aryl methyl sites for hydroxylation is 1. The van der Waals surface area contributed by atoms with Crippen molar-refractivity contribution in [1.82, 2.24) is 0 Å². The molecule has 32 heavy (non-hydrogen) atoms. The maximum absolute atomic E-state index is 12.9. The predicted octanol–water partition coefficient (Wildman–Crippen LogP) is 7.89. The largest absolute Gasteiger partial charge is 0.488 e. The highest BCUT2D eigenvalue weighted by Crippen LogP contribution is 2.48. The van der Waals surface area contributed by atoms with Crippen molar-refractivity contribution in [3.05, 3.63) is 58.5 Å². The lowest BCUT2D eigenvalue weighted by molar-refractivity contribution is 0.0582. The molecule has 0 saturated heterocycles. The van der Waals surface area contributed by atoms with E-state index in [1.807, 2.05) is 71.0 Å². The van der Waals surface area contributed by atoms with E-state index < -0.39 is 5.60 Å². The molecule has 2 heterocycles. The Balaban J connectivity index is 0.00000141. The fourth-order valence-corrected chi connectivity index (χ4v) is 5.19. The Morgan fingerprint density at radius 2 is 1.88 bits per heavy atom. The first kappa shape index (κ1) is 24.4. The number of anilines is 1. The second-order valence-electron chi connectivity index (χ2n) is 8.62. The predicted molar refractivity (Wildman–Crippen MR) is 136 cm³/mol. The highest BCUT2D eigenvalue weighted by molar-refractivity contribution is 7.19. The summed E-state index contributed by atoms with van der Waals surface area (Å²) < 4.78 is 13.0. The number of fused-ring (bicyclic) bond motifs is 3. The van der Waals surface area contributed by atoms with Crippen molar-refractivity contribution >= 4 is 44.8 Å². The SMILES string of the molecule is CC.Cc1cc2c(OCc3ccccc3)cc3c(c2s1)[C@@H](CCl)CN3C(=O)OC(C)(C)C. The van der Waals surface area contributed by atoms with Crippen LogP contribution >= 0.6 is 22.9 Å². The normalized spacial score (nSPS) is 15.2. The van der Waals surface area contributed by atoms with Gasteiger partial charge < -0.3 is 9.47 Å². The third kappa shape index (κ3) is 5.21. The molecule has 0 saturated carbocycles. The lowest BCUT2D eigenvalue weighted by atomic mass is 10.0. The van der Waals surface area contributed by atoms with Gasteiger partial charge in [-0.25, -0.2) is 4.79 Å². The molecule has 1 atom stereocenters. The molecule has 0 spiro atoms. The van der Waals surface area contributed by atoms with Crippen LogP contribution in [0.3, 0.4) is 0 Å². The summed E-state index contributed by atoms with van der Waals surface area (Å²) in [7, 11) is 0. The summed E-state index contributed by atoms with van der Waals surface area (Å²) in [4.78, 5) is 15.8. The number of halogens is 1. The van der Waals surface area contributed by atoms with Gasteiger partial charge in [-0.05, 0) is 39.3 Å². The molecular formula is C26H32ClNO3S. The Morgan fingerprint density at radius 1 is 1.19 bits per heavy atom. The molecule has 0 aliphatic carbocycles. The van der Waals surface area contributed by atoms with Gasteiger partial charge in [0.1, 0.15) is 18.0 Å². The number of ether oxygens (including phenoxy) is 2. The standard InChI is InChI=1S/C24H26ClNO3S.C2H6/c1-15-10-18-20(28-14-16-8-6-5-7-9-16)11-19-21(22(18)30-15)17(12-25)13-26(19)23(27)29-24(2,3)4;1-2/h5-11,17H,12-14H2,1-4H3;1-2H3/t17-;/m0./s1. The van der Waals surface area contributed by atoms with E-state index in [2.05, 4.69) is 13.0 Å². The van der Waals surface area contributed by atoms with Crippen molar-refractivity contribution in [2.45, 2.75) is 59.7 Å².